The Morgan fingerprint density at radius 1 is 0.320 bits per heavy atom. The molecule has 548 valence electrons. The molecule has 0 amide bonds. The number of aliphatic hydroxyl groups excluding tert-OH is 1. The van der Waals surface area contributed by atoms with E-state index in [4.69, 9.17) is 81.3 Å². The molecule has 17 heteroatoms. The Bertz CT molecular complexity index is 2820. The zero-order chi connectivity index (χ0) is 69.0. The number of ether oxygens (including phenoxy) is 15. The Kier molecular flexibility index (Phi) is 36.3. The Labute approximate surface area is 595 Å². The highest BCUT2D eigenvalue weighted by molar-refractivity contribution is 5.34. The third kappa shape index (κ3) is 32.1. The van der Waals surface area contributed by atoms with Crippen LogP contribution in [0.15, 0.2) is 158 Å². The Hall–Kier alpha value is -6.64. The second-order valence-corrected chi connectivity index (χ2v) is 26.5. The molecule has 8 aliphatic rings. The number of phenolic OH excluding ortho intramolecular Hbond substituents is 1. The maximum absolute atomic E-state index is 9.09. The lowest BCUT2D eigenvalue weighted by atomic mass is 10.2. The summed E-state index contributed by atoms with van der Waals surface area (Å²) < 4.78 is 84.0. The molecule has 6 saturated carbocycles. The smallest absolute Gasteiger partial charge is 0.168 e. The summed E-state index contributed by atoms with van der Waals surface area (Å²) in [4.78, 5) is 0. The zero-order valence-corrected chi connectivity index (χ0v) is 59.3. The van der Waals surface area contributed by atoms with Crippen LogP contribution >= 0.6 is 0 Å². The van der Waals surface area contributed by atoms with Crippen LogP contribution in [0.2, 0.25) is 0 Å². The van der Waals surface area contributed by atoms with Crippen molar-refractivity contribution in [2.45, 2.75) is 210 Å². The number of hydrogen-bond acceptors (Lipinski definition) is 17. The average molecular weight is 1380 g/mol. The normalized spacial score (nSPS) is 18.6. The number of rotatable bonds is 32. The van der Waals surface area contributed by atoms with Crippen molar-refractivity contribution in [3.05, 3.63) is 169 Å². The van der Waals surface area contributed by atoms with Crippen LogP contribution in [0.3, 0.4) is 0 Å². The van der Waals surface area contributed by atoms with Crippen LogP contribution in [-0.2, 0) is 51.1 Å². The van der Waals surface area contributed by atoms with Crippen LogP contribution < -0.4 is 33.2 Å². The molecule has 6 aromatic carbocycles. The average Bonchev–Trinajstić information content (AvgIpc) is 1.89. The first kappa shape index (κ1) is 77.5. The summed E-state index contributed by atoms with van der Waals surface area (Å²) >= 11 is 0. The standard InChI is InChI=1S/2C20H24O3.C16H22O4.C13H18O3.C7H12O2.C7H14O2/c2*1-2-6-17(7-3-1)16-23-20-12-10-19(11-13-20)22-15-14-21-18-8-4-5-9-18;1-2-4-13(3-1)17-9-10-18-14-5-7-15(8-6-14)19-11-16-12-20-16;14-11-5-7-13(8-6-11)16-10-9-15-12-3-1-2-4-12;1-2-4-7(3-1)8-5-6-9-7;8-5-6-9-7-3-1-2-4-7/h2*1-3,6-7,10-13,18H,4-5,8-9,14-16H2;5-8,13,16H,1-4,9-12H2;5-8,12,14H,1-4,9-10H2;1-6H2;7-8H,1-6H2. The fraction of sp³-hybridized carbons (Fsp3) is 0.566. The molecule has 0 bridgehead atoms. The number of benzene rings is 6. The van der Waals surface area contributed by atoms with Gasteiger partial charge >= 0.3 is 0 Å². The Morgan fingerprint density at radius 2 is 0.600 bits per heavy atom. The number of aromatic hydroxyl groups is 1. The van der Waals surface area contributed by atoms with Gasteiger partial charge in [-0.25, -0.2) is 0 Å². The van der Waals surface area contributed by atoms with Gasteiger partial charge in [0.2, 0.25) is 0 Å². The van der Waals surface area contributed by atoms with Gasteiger partial charge in [-0.05, 0) is 185 Å². The van der Waals surface area contributed by atoms with E-state index in [1.165, 1.54) is 141 Å². The molecule has 2 saturated heterocycles. The Balaban J connectivity index is 0.000000144. The summed E-state index contributed by atoms with van der Waals surface area (Å²) in [5, 5.41) is 17.5. The van der Waals surface area contributed by atoms with Crippen LogP contribution in [0.5, 0.6) is 46.0 Å². The van der Waals surface area contributed by atoms with Gasteiger partial charge in [-0.3, -0.25) is 0 Å². The third-order valence-electron chi connectivity index (χ3n) is 18.6. The highest BCUT2D eigenvalue weighted by Crippen LogP contribution is 2.37. The minimum absolute atomic E-state index is 0.111. The van der Waals surface area contributed by atoms with Crippen LogP contribution in [0, 0.1) is 0 Å². The lowest BCUT2D eigenvalue weighted by Gasteiger charge is -2.19. The van der Waals surface area contributed by atoms with E-state index in [9.17, 15) is 0 Å². The van der Waals surface area contributed by atoms with E-state index in [0.717, 1.165) is 84.0 Å². The topological polar surface area (TPSA) is 182 Å². The van der Waals surface area contributed by atoms with Crippen molar-refractivity contribution in [2.75, 3.05) is 92.5 Å². The first-order valence-electron chi connectivity index (χ1n) is 37.5. The summed E-state index contributed by atoms with van der Waals surface area (Å²) in [6.07, 6.45) is 32.3. The van der Waals surface area contributed by atoms with Gasteiger partial charge in [-0.2, -0.15) is 0 Å². The predicted molar refractivity (Wildman–Crippen MR) is 387 cm³/mol. The lowest BCUT2D eigenvalue weighted by molar-refractivity contribution is -0.150. The second-order valence-electron chi connectivity index (χ2n) is 26.5. The van der Waals surface area contributed by atoms with Gasteiger partial charge in [-0.15, -0.1) is 0 Å². The molecule has 100 heavy (non-hydrogen) atoms. The van der Waals surface area contributed by atoms with Crippen LogP contribution in [-0.4, -0.2) is 145 Å². The molecule has 14 rings (SSSR count). The van der Waals surface area contributed by atoms with Crippen molar-refractivity contribution in [1.82, 2.24) is 0 Å². The minimum atomic E-state index is -0.111. The molecule has 2 N–H and O–H groups in total. The highest BCUT2D eigenvalue weighted by atomic mass is 16.7. The third-order valence-corrected chi connectivity index (χ3v) is 18.6. The van der Waals surface area contributed by atoms with E-state index < -0.39 is 0 Å². The molecule has 1 unspecified atom stereocenters. The number of phenols is 1. The monoisotopic (exact) mass is 1380 g/mol. The lowest BCUT2D eigenvalue weighted by Crippen LogP contribution is -2.24. The largest absolute Gasteiger partial charge is 0.508 e. The fourth-order valence-electron chi connectivity index (χ4n) is 13.0. The maximum Gasteiger partial charge on any atom is 0.168 e. The first-order chi connectivity index (χ1) is 49.4. The van der Waals surface area contributed by atoms with E-state index in [2.05, 4.69) is 24.3 Å². The highest BCUT2D eigenvalue weighted by Gasteiger charge is 2.39. The van der Waals surface area contributed by atoms with Gasteiger partial charge in [0.05, 0.1) is 90.0 Å². The molecule has 0 radical (unpaired) electrons. The SMILES string of the molecule is C1CCC2(C1)OCCO2.OCCOC1CCCC1.Oc1ccc(OCCOC2CCCC2)cc1.c1cc(OCC2CO2)ccc1OCCOC1CCCC1.c1ccc(COc2ccc(OCCOC3CCCC3)cc2)cc1.c1ccc(COc2ccc(OCCOC3CCCC3)cc2)cc1. The van der Waals surface area contributed by atoms with Crippen LogP contribution in [0.4, 0.5) is 0 Å². The zero-order valence-electron chi connectivity index (χ0n) is 59.3. The summed E-state index contributed by atoms with van der Waals surface area (Å²) in [5.41, 5.74) is 2.33. The van der Waals surface area contributed by atoms with Gasteiger partial charge in [0.15, 0.2) is 5.79 Å². The number of hydrogen-bond donors (Lipinski definition) is 2. The molecular formula is C83H114O17. The van der Waals surface area contributed by atoms with E-state index >= 15 is 0 Å². The molecule has 2 aliphatic heterocycles. The van der Waals surface area contributed by atoms with Crippen molar-refractivity contribution in [1.29, 1.82) is 0 Å². The van der Waals surface area contributed by atoms with Crippen LogP contribution in [0.1, 0.15) is 165 Å². The van der Waals surface area contributed by atoms with Crippen molar-refractivity contribution < 1.29 is 81.3 Å². The fourth-order valence-corrected chi connectivity index (χ4v) is 13.0. The molecule has 6 aliphatic carbocycles. The second kappa shape index (κ2) is 46.8. The van der Waals surface area contributed by atoms with Gasteiger partial charge < -0.3 is 81.3 Å². The number of epoxide rings is 1. The molecule has 6 aromatic rings. The molecule has 17 nitrogen and oxygen atoms in total. The molecule has 1 spiro atoms. The van der Waals surface area contributed by atoms with Crippen molar-refractivity contribution in [3.63, 3.8) is 0 Å². The summed E-state index contributed by atoms with van der Waals surface area (Å²) in [6, 6.07) is 50.3. The maximum atomic E-state index is 9.09. The van der Waals surface area contributed by atoms with Crippen LogP contribution in [0.25, 0.3) is 0 Å². The van der Waals surface area contributed by atoms with Gasteiger partial charge in [0.1, 0.15) is 98.3 Å². The Morgan fingerprint density at radius 3 is 0.900 bits per heavy atom. The first-order valence-corrected chi connectivity index (χ1v) is 37.5. The van der Waals surface area contributed by atoms with E-state index in [1.54, 1.807) is 24.3 Å². The molecule has 8 fully saturated rings. The summed E-state index contributed by atoms with van der Waals surface area (Å²) in [5.74, 6) is 6.04. The summed E-state index contributed by atoms with van der Waals surface area (Å²) in [6.45, 7) is 9.92. The molecular weight excluding hydrogens is 1270 g/mol. The van der Waals surface area contributed by atoms with Crippen molar-refractivity contribution >= 4 is 0 Å². The van der Waals surface area contributed by atoms with Crippen molar-refractivity contribution in [3.8, 4) is 46.0 Å². The molecule has 2 heterocycles. The molecule has 1 atom stereocenters. The van der Waals surface area contributed by atoms with Gasteiger partial charge in [0, 0.05) is 12.8 Å². The van der Waals surface area contributed by atoms with Crippen molar-refractivity contribution in [2.24, 2.45) is 0 Å². The predicted octanol–water partition coefficient (Wildman–Crippen LogP) is 17.0. The van der Waals surface area contributed by atoms with Gasteiger partial charge in [-0.1, -0.05) is 125 Å². The van der Waals surface area contributed by atoms with Gasteiger partial charge in [0.25, 0.3) is 0 Å². The summed E-state index contributed by atoms with van der Waals surface area (Å²) in [7, 11) is 0. The quantitative estimate of drug-likeness (QED) is 0.0300. The van der Waals surface area contributed by atoms with E-state index in [0.29, 0.717) is 116 Å². The number of aliphatic hydroxyl groups is 1. The minimum Gasteiger partial charge on any atom is -0.508 e. The van der Waals surface area contributed by atoms with E-state index in [-0.39, 0.29) is 18.1 Å². The molecule has 0 aromatic heterocycles. The van der Waals surface area contributed by atoms with E-state index in [1.807, 2.05) is 109 Å².